The highest BCUT2D eigenvalue weighted by atomic mass is 35.5. The van der Waals surface area contributed by atoms with Crippen molar-refractivity contribution in [3.05, 3.63) is 28.3 Å². The van der Waals surface area contributed by atoms with E-state index in [9.17, 15) is 4.79 Å². The molecular weight excluding hydrogens is 186 g/mol. The van der Waals surface area contributed by atoms with Crippen LogP contribution in [0.1, 0.15) is 17.5 Å². The van der Waals surface area contributed by atoms with E-state index in [1.165, 1.54) is 0 Å². The predicted octanol–water partition coefficient (Wildman–Crippen LogP) is 2.53. The van der Waals surface area contributed by atoms with Gasteiger partial charge in [0.1, 0.15) is 0 Å². The summed E-state index contributed by atoms with van der Waals surface area (Å²) < 4.78 is 0. The Balaban J connectivity index is 2.49. The van der Waals surface area contributed by atoms with Gasteiger partial charge < -0.3 is 5.32 Å². The standard InChI is InChI=1S/C10H10ClNO/c1-6-4-9-7(5-8(6)11)2-3-10(13)12-9/h4-5H,2-3H2,1H3,(H,12,13). The Morgan fingerprint density at radius 3 is 2.92 bits per heavy atom. The van der Waals surface area contributed by atoms with E-state index in [1.807, 2.05) is 19.1 Å². The third kappa shape index (κ3) is 1.54. The van der Waals surface area contributed by atoms with Gasteiger partial charge in [0.05, 0.1) is 0 Å². The molecule has 1 N–H and O–H groups in total. The van der Waals surface area contributed by atoms with Crippen molar-refractivity contribution in [2.75, 3.05) is 5.32 Å². The molecule has 0 unspecified atom stereocenters. The van der Waals surface area contributed by atoms with Gasteiger partial charge in [0.25, 0.3) is 0 Å². The summed E-state index contributed by atoms with van der Waals surface area (Å²) in [6, 6.07) is 3.86. The molecule has 2 rings (SSSR count). The highest BCUT2D eigenvalue weighted by Crippen LogP contribution is 2.28. The Hall–Kier alpha value is -1.02. The van der Waals surface area contributed by atoms with Gasteiger partial charge in [-0.05, 0) is 36.6 Å². The van der Waals surface area contributed by atoms with E-state index >= 15 is 0 Å². The van der Waals surface area contributed by atoms with Gasteiger partial charge in [0, 0.05) is 17.1 Å². The largest absolute Gasteiger partial charge is 0.326 e. The Bertz CT molecular complexity index is 373. The monoisotopic (exact) mass is 195 g/mol. The zero-order chi connectivity index (χ0) is 9.42. The fraction of sp³-hybridized carbons (Fsp3) is 0.300. The minimum atomic E-state index is 0.0919. The smallest absolute Gasteiger partial charge is 0.224 e. The maximum atomic E-state index is 11.1. The first-order chi connectivity index (χ1) is 6.16. The Morgan fingerprint density at radius 1 is 1.38 bits per heavy atom. The summed E-state index contributed by atoms with van der Waals surface area (Å²) in [6.07, 6.45) is 1.35. The SMILES string of the molecule is Cc1cc2c(cc1Cl)CCC(=O)N2. The van der Waals surface area contributed by atoms with E-state index in [4.69, 9.17) is 11.6 Å². The number of nitrogens with one attached hydrogen (secondary N) is 1. The van der Waals surface area contributed by atoms with Crippen molar-refractivity contribution in [3.63, 3.8) is 0 Å². The molecule has 1 amide bonds. The van der Waals surface area contributed by atoms with Crippen LogP contribution in [0.15, 0.2) is 12.1 Å². The second kappa shape index (κ2) is 3.04. The van der Waals surface area contributed by atoms with Crippen LogP contribution >= 0.6 is 11.6 Å². The molecule has 0 bridgehead atoms. The molecule has 68 valence electrons. The Kier molecular flexibility index (Phi) is 2.00. The minimum Gasteiger partial charge on any atom is -0.326 e. The maximum Gasteiger partial charge on any atom is 0.224 e. The summed E-state index contributed by atoms with van der Waals surface area (Å²) >= 11 is 5.97. The van der Waals surface area contributed by atoms with E-state index < -0.39 is 0 Å². The zero-order valence-electron chi connectivity index (χ0n) is 7.36. The van der Waals surface area contributed by atoms with Gasteiger partial charge in [0.15, 0.2) is 0 Å². The fourth-order valence-corrected chi connectivity index (χ4v) is 1.69. The van der Waals surface area contributed by atoms with E-state index in [0.29, 0.717) is 6.42 Å². The number of fused-ring (bicyclic) bond motifs is 1. The summed E-state index contributed by atoms with van der Waals surface area (Å²) in [7, 11) is 0. The summed E-state index contributed by atoms with van der Waals surface area (Å²) in [6.45, 7) is 1.93. The molecule has 1 heterocycles. The number of carbonyl (C=O) groups is 1. The van der Waals surface area contributed by atoms with Crippen LogP contribution in [-0.4, -0.2) is 5.91 Å². The molecule has 3 heteroatoms. The van der Waals surface area contributed by atoms with Gasteiger partial charge >= 0.3 is 0 Å². The molecule has 1 aromatic rings. The summed E-state index contributed by atoms with van der Waals surface area (Å²) in [4.78, 5) is 11.1. The fourth-order valence-electron chi connectivity index (χ4n) is 1.51. The van der Waals surface area contributed by atoms with Crippen molar-refractivity contribution in [2.24, 2.45) is 0 Å². The number of hydrogen-bond donors (Lipinski definition) is 1. The molecule has 0 saturated carbocycles. The van der Waals surface area contributed by atoms with Crippen LogP contribution in [-0.2, 0) is 11.2 Å². The number of aryl methyl sites for hydroxylation is 2. The molecule has 0 aliphatic carbocycles. The van der Waals surface area contributed by atoms with Crippen molar-refractivity contribution in [3.8, 4) is 0 Å². The van der Waals surface area contributed by atoms with Gasteiger partial charge in [-0.1, -0.05) is 11.6 Å². The van der Waals surface area contributed by atoms with Crippen LogP contribution in [0.2, 0.25) is 5.02 Å². The molecule has 0 fully saturated rings. The van der Waals surface area contributed by atoms with Crippen LogP contribution in [0, 0.1) is 6.92 Å². The van der Waals surface area contributed by atoms with Crippen LogP contribution < -0.4 is 5.32 Å². The second-order valence-electron chi connectivity index (χ2n) is 3.31. The molecule has 1 aromatic carbocycles. The molecular formula is C10H10ClNO. The number of benzene rings is 1. The highest BCUT2D eigenvalue weighted by Gasteiger charge is 2.15. The topological polar surface area (TPSA) is 29.1 Å². The summed E-state index contributed by atoms with van der Waals surface area (Å²) in [5.74, 6) is 0.0919. The van der Waals surface area contributed by atoms with Gasteiger partial charge in [-0.25, -0.2) is 0 Å². The average molecular weight is 196 g/mol. The molecule has 0 radical (unpaired) electrons. The maximum absolute atomic E-state index is 11.1. The number of anilines is 1. The van der Waals surface area contributed by atoms with Gasteiger partial charge in [0.2, 0.25) is 5.91 Å². The third-order valence-electron chi connectivity index (χ3n) is 2.28. The van der Waals surface area contributed by atoms with E-state index in [2.05, 4.69) is 5.32 Å². The first-order valence-electron chi connectivity index (χ1n) is 4.25. The van der Waals surface area contributed by atoms with Crippen molar-refractivity contribution >= 4 is 23.2 Å². The third-order valence-corrected chi connectivity index (χ3v) is 2.69. The first-order valence-corrected chi connectivity index (χ1v) is 4.63. The van der Waals surface area contributed by atoms with E-state index in [-0.39, 0.29) is 5.91 Å². The van der Waals surface area contributed by atoms with Crippen molar-refractivity contribution in [2.45, 2.75) is 19.8 Å². The van der Waals surface area contributed by atoms with Crippen LogP contribution in [0.25, 0.3) is 0 Å². The number of rotatable bonds is 0. The van der Waals surface area contributed by atoms with Crippen molar-refractivity contribution < 1.29 is 4.79 Å². The normalized spacial score (nSPS) is 15.1. The van der Waals surface area contributed by atoms with Gasteiger partial charge in [-0.2, -0.15) is 0 Å². The molecule has 13 heavy (non-hydrogen) atoms. The minimum absolute atomic E-state index is 0.0919. The zero-order valence-corrected chi connectivity index (χ0v) is 8.11. The molecule has 0 saturated heterocycles. The lowest BCUT2D eigenvalue weighted by Gasteiger charge is -2.17. The lowest BCUT2D eigenvalue weighted by Crippen LogP contribution is -2.18. The number of carbonyl (C=O) groups excluding carboxylic acids is 1. The van der Waals surface area contributed by atoms with Crippen LogP contribution in [0.4, 0.5) is 5.69 Å². The number of hydrogen-bond acceptors (Lipinski definition) is 1. The number of amides is 1. The van der Waals surface area contributed by atoms with E-state index in [0.717, 1.165) is 28.3 Å². The first kappa shape index (κ1) is 8.57. The average Bonchev–Trinajstić information content (AvgIpc) is 2.08. The van der Waals surface area contributed by atoms with Crippen LogP contribution in [0.5, 0.6) is 0 Å². The Morgan fingerprint density at radius 2 is 2.15 bits per heavy atom. The molecule has 1 aliphatic heterocycles. The second-order valence-corrected chi connectivity index (χ2v) is 3.71. The van der Waals surface area contributed by atoms with E-state index in [1.54, 1.807) is 0 Å². The lowest BCUT2D eigenvalue weighted by atomic mass is 10.0. The molecule has 2 nitrogen and oxygen atoms in total. The quantitative estimate of drug-likeness (QED) is 0.677. The van der Waals surface area contributed by atoms with Gasteiger partial charge in [-0.3, -0.25) is 4.79 Å². The highest BCUT2D eigenvalue weighted by molar-refractivity contribution is 6.31. The molecule has 1 aliphatic rings. The molecule has 0 spiro atoms. The van der Waals surface area contributed by atoms with Crippen molar-refractivity contribution in [1.29, 1.82) is 0 Å². The summed E-state index contributed by atoms with van der Waals surface area (Å²) in [5.41, 5.74) is 3.05. The van der Waals surface area contributed by atoms with Crippen LogP contribution in [0.3, 0.4) is 0 Å². The van der Waals surface area contributed by atoms with Crippen molar-refractivity contribution in [1.82, 2.24) is 0 Å². The summed E-state index contributed by atoms with van der Waals surface area (Å²) in [5, 5.41) is 3.60. The Labute approximate surface area is 81.9 Å². The van der Waals surface area contributed by atoms with Gasteiger partial charge in [-0.15, -0.1) is 0 Å². The predicted molar refractivity (Wildman–Crippen MR) is 53.1 cm³/mol. The molecule has 0 atom stereocenters. The molecule has 0 aromatic heterocycles. The lowest BCUT2D eigenvalue weighted by molar-refractivity contribution is -0.116. The number of halogens is 1.